The van der Waals surface area contributed by atoms with E-state index in [4.69, 9.17) is 14.2 Å². The Kier molecular flexibility index (Phi) is 6.65. The Labute approximate surface area is 190 Å². The van der Waals surface area contributed by atoms with E-state index in [1.165, 1.54) is 62.6 Å². The quantitative estimate of drug-likeness (QED) is 0.445. The first-order valence-electron chi connectivity index (χ1n) is 12.0. The van der Waals surface area contributed by atoms with E-state index < -0.39 is 0 Å². The number of fused-ring (bicyclic) bond motifs is 3. The Morgan fingerprint density at radius 3 is 1.81 bits per heavy atom. The highest BCUT2D eigenvalue weighted by Gasteiger charge is 2.13. The minimum absolute atomic E-state index is 0.722. The molecule has 5 rings (SSSR count). The lowest BCUT2D eigenvalue weighted by molar-refractivity contribution is 0.238. The average molecular weight is 435 g/mol. The van der Waals surface area contributed by atoms with Crippen LogP contribution in [0.5, 0.6) is 17.2 Å². The Morgan fingerprint density at radius 1 is 0.656 bits per heavy atom. The van der Waals surface area contributed by atoms with Gasteiger partial charge in [0.1, 0.15) is 30.5 Å². The van der Waals surface area contributed by atoms with Crippen molar-refractivity contribution in [3.8, 4) is 17.2 Å². The summed E-state index contributed by atoms with van der Waals surface area (Å²) in [4.78, 5) is 4.95. The van der Waals surface area contributed by atoms with Crippen LogP contribution < -0.4 is 14.2 Å². The number of hydrogen-bond donors (Lipinski definition) is 0. The normalized spacial score (nSPS) is 17.4. The first kappa shape index (κ1) is 21.4. The minimum Gasteiger partial charge on any atom is -0.496 e. The van der Waals surface area contributed by atoms with E-state index in [9.17, 15) is 0 Å². The summed E-state index contributed by atoms with van der Waals surface area (Å²) in [6.07, 6.45) is 5.25. The third-order valence-electron chi connectivity index (χ3n) is 6.83. The molecule has 2 saturated heterocycles. The summed E-state index contributed by atoms with van der Waals surface area (Å²) in [5.41, 5.74) is 0. The second-order valence-corrected chi connectivity index (χ2v) is 8.96. The van der Waals surface area contributed by atoms with Crippen molar-refractivity contribution in [1.82, 2.24) is 9.80 Å². The lowest BCUT2D eigenvalue weighted by atomic mass is 10.0. The van der Waals surface area contributed by atoms with Crippen LogP contribution in [0.2, 0.25) is 0 Å². The zero-order valence-electron chi connectivity index (χ0n) is 19.1. The van der Waals surface area contributed by atoms with Gasteiger partial charge in [0.25, 0.3) is 0 Å². The van der Waals surface area contributed by atoms with Crippen LogP contribution in [0.25, 0.3) is 21.5 Å². The monoisotopic (exact) mass is 434 g/mol. The molecule has 3 aromatic rings. The molecule has 0 saturated carbocycles. The standard InChI is InChI=1S/C27H34N2O3/c1-30-27-19-21-18-22(31-16-14-28-10-2-3-11-28)6-8-24(21)25-9-7-23(20-26(25)27)32-17-15-29-12-4-5-13-29/h6-9,18-20H,2-5,10-17H2,1H3. The van der Waals surface area contributed by atoms with Gasteiger partial charge in [-0.1, -0.05) is 6.07 Å². The van der Waals surface area contributed by atoms with Crippen LogP contribution in [0.15, 0.2) is 42.5 Å². The first-order chi connectivity index (χ1) is 15.8. The molecule has 2 heterocycles. The second kappa shape index (κ2) is 9.97. The zero-order valence-corrected chi connectivity index (χ0v) is 19.1. The van der Waals surface area contributed by atoms with Crippen molar-refractivity contribution in [2.45, 2.75) is 25.7 Å². The Balaban J connectivity index is 1.32. The summed E-state index contributed by atoms with van der Waals surface area (Å²) >= 11 is 0. The molecule has 0 bridgehead atoms. The van der Waals surface area contributed by atoms with E-state index in [1.54, 1.807) is 7.11 Å². The lowest BCUT2D eigenvalue weighted by Gasteiger charge is -2.16. The van der Waals surface area contributed by atoms with E-state index in [0.29, 0.717) is 0 Å². The van der Waals surface area contributed by atoms with Gasteiger partial charge in [0, 0.05) is 18.5 Å². The molecule has 5 nitrogen and oxygen atoms in total. The van der Waals surface area contributed by atoms with Crippen molar-refractivity contribution in [3.05, 3.63) is 42.5 Å². The molecule has 0 aliphatic carbocycles. The maximum atomic E-state index is 6.07. The summed E-state index contributed by atoms with van der Waals surface area (Å²) in [5.74, 6) is 2.68. The van der Waals surface area contributed by atoms with Crippen LogP contribution in [0.3, 0.4) is 0 Å². The summed E-state index contributed by atoms with van der Waals surface area (Å²) < 4.78 is 17.9. The fraction of sp³-hybridized carbons (Fsp3) is 0.481. The smallest absolute Gasteiger partial charge is 0.127 e. The topological polar surface area (TPSA) is 34.2 Å². The van der Waals surface area contributed by atoms with E-state index in [2.05, 4.69) is 52.3 Å². The van der Waals surface area contributed by atoms with Gasteiger partial charge in [-0.3, -0.25) is 9.80 Å². The van der Waals surface area contributed by atoms with Gasteiger partial charge in [-0.05, 0) is 104 Å². The Morgan fingerprint density at radius 2 is 1.22 bits per heavy atom. The Hall–Kier alpha value is -2.50. The number of ether oxygens (including phenoxy) is 3. The SMILES string of the molecule is COc1cc2cc(OCCN3CCCC3)ccc2c2ccc(OCCN3CCCC3)cc12. The predicted octanol–water partition coefficient (Wildman–Crippen LogP) is 4.95. The molecule has 0 atom stereocenters. The van der Waals surface area contributed by atoms with Gasteiger partial charge in [-0.2, -0.15) is 0 Å². The summed E-state index contributed by atoms with van der Waals surface area (Å²) in [5, 5.41) is 4.60. The van der Waals surface area contributed by atoms with Gasteiger partial charge in [-0.15, -0.1) is 0 Å². The fourth-order valence-electron chi connectivity index (χ4n) is 5.03. The second-order valence-electron chi connectivity index (χ2n) is 8.96. The maximum absolute atomic E-state index is 6.07. The van der Waals surface area contributed by atoms with E-state index >= 15 is 0 Å². The van der Waals surface area contributed by atoms with Crippen molar-refractivity contribution in [1.29, 1.82) is 0 Å². The predicted molar refractivity (Wildman–Crippen MR) is 130 cm³/mol. The lowest BCUT2D eigenvalue weighted by Crippen LogP contribution is -2.25. The number of hydrogen-bond acceptors (Lipinski definition) is 5. The van der Waals surface area contributed by atoms with Crippen LogP contribution in [0, 0.1) is 0 Å². The van der Waals surface area contributed by atoms with Crippen LogP contribution in [-0.4, -0.2) is 69.4 Å². The van der Waals surface area contributed by atoms with Crippen molar-refractivity contribution in [3.63, 3.8) is 0 Å². The van der Waals surface area contributed by atoms with Gasteiger partial charge < -0.3 is 14.2 Å². The minimum atomic E-state index is 0.722. The van der Waals surface area contributed by atoms with Gasteiger partial charge in [0.05, 0.1) is 7.11 Å². The highest BCUT2D eigenvalue weighted by Crippen LogP contribution is 2.37. The molecule has 3 aromatic carbocycles. The molecule has 2 aliphatic heterocycles. The number of methoxy groups -OCH3 is 1. The average Bonchev–Trinajstić information content (AvgIpc) is 3.53. The first-order valence-corrected chi connectivity index (χ1v) is 12.0. The summed E-state index contributed by atoms with van der Waals surface area (Å²) in [6.45, 7) is 8.25. The van der Waals surface area contributed by atoms with Crippen molar-refractivity contribution in [2.24, 2.45) is 0 Å². The molecule has 0 aromatic heterocycles. The van der Waals surface area contributed by atoms with Crippen LogP contribution >= 0.6 is 0 Å². The molecule has 2 aliphatic rings. The molecule has 0 radical (unpaired) electrons. The maximum Gasteiger partial charge on any atom is 0.127 e. The van der Waals surface area contributed by atoms with Crippen LogP contribution in [0.1, 0.15) is 25.7 Å². The molecular formula is C27H34N2O3. The van der Waals surface area contributed by atoms with Crippen LogP contribution in [0.4, 0.5) is 0 Å². The van der Waals surface area contributed by atoms with Gasteiger partial charge in [-0.25, -0.2) is 0 Å². The molecule has 32 heavy (non-hydrogen) atoms. The third-order valence-corrected chi connectivity index (χ3v) is 6.83. The van der Waals surface area contributed by atoms with Crippen molar-refractivity contribution < 1.29 is 14.2 Å². The highest BCUT2D eigenvalue weighted by molar-refractivity contribution is 6.11. The van der Waals surface area contributed by atoms with Gasteiger partial charge >= 0.3 is 0 Å². The number of benzene rings is 3. The number of likely N-dealkylation sites (tertiary alicyclic amines) is 2. The molecule has 0 amide bonds. The molecule has 170 valence electrons. The molecule has 2 fully saturated rings. The van der Waals surface area contributed by atoms with Crippen molar-refractivity contribution >= 4 is 21.5 Å². The molecule has 5 heteroatoms. The van der Waals surface area contributed by atoms with E-state index in [1.807, 2.05) is 0 Å². The molecular weight excluding hydrogens is 400 g/mol. The Bertz CT molecular complexity index is 1060. The molecule has 0 spiro atoms. The summed E-state index contributed by atoms with van der Waals surface area (Å²) in [6, 6.07) is 14.8. The van der Waals surface area contributed by atoms with E-state index in [-0.39, 0.29) is 0 Å². The fourth-order valence-corrected chi connectivity index (χ4v) is 5.03. The molecule has 0 unspecified atom stereocenters. The zero-order chi connectivity index (χ0) is 21.8. The highest BCUT2D eigenvalue weighted by atomic mass is 16.5. The third kappa shape index (κ3) is 4.79. The van der Waals surface area contributed by atoms with Crippen molar-refractivity contribution in [2.75, 3.05) is 59.6 Å². The summed E-state index contributed by atoms with van der Waals surface area (Å²) in [7, 11) is 1.73. The van der Waals surface area contributed by atoms with Gasteiger partial charge in [0.2, 0.25) is 0 Å². The van der Waals surface area contributed by atoms with Gasteiger partial charge in [0.15, 0.2) is 0 Å². The van der Waals surface area contributed by atoms with E-state index in [0.717, 1.165) is 54.3 Å². The number of nitrogens with zero attached hydrogens (tertiary/aromatic N) is 2. The molecule has 0 N–H and O–H groups in total. The largest absolute Gasteiger partial charge is 0.496 e. The van der Waals surface area contributed by atoms with Crippen LogP contribution in [-0.2, 0) is 0 Å². The number of rotatable bonds is 9.